The fraction of sp³-hybridized carbons (Fsp3) is 0.276. The van der Waals surface area contributed by atoms with Crippen molar-refractivity contribution in [2.24, 2.45) is 4.99 Å². The number of aromatic nitrogens is 3. The summed E-state index contributed by atoms with van der Waals surface area (Å²) in [5, 5.41) is 0.816. The highest BCUT2D eigenvalue weighted by Crippen LogP contribution is 2.38. The molecule has 43 heavy (non-hydrogen) atoms. The van der Waals surface area contributed by atoms with Gasteiger partial charge in [0.05, 0.1) is 40.6 Å². The molecule has 1 aliphatic heterocycles. The van der Waals surface area contributed by atoms with Crippen molar-refractivity contribution < 1.29 is 23.4 Å². The number of halogens is 1. The number of furan rings is 1. The summed E-state index contributed by atoms with van der Waals surface area (Å²) in [5.41, 5.74) is 1.11. The van der Waals surface area contributed by atoms with Gasteiger partial charge >= 0.3 is 5.97 Å². The lowest BCUT2D eigenvalue weighted by Crippen LogP contribution is -2.40. The number of nitrogens with zero attached hydrogens (tertiary/aromatic N) is 3. The predicted octanol–water partition coefficient (Wildman–Crippen LogP) is 4.10. The molecule has 0 amide bonds. The average Bonchev–Trinajstić information content (AvgIpc) is 3.43. The summed E-state index contributed by atoms with van der Waals surface area (Å²) in [6, 6.07) is 7.42. The molecule has 1 atom stereocenters. The van der Waals surface area contributed by atoms with Crippen LogP contribution < -0.4 is 29.9 Å². The van der Waals surface area contributed by atoms with Gasteiger partial charge in [0.2, 0.25) is 0 Å². The van der Waals surface area contributed by atoms with E-state index in [4.69, 9.17) is 18.6 Å². The van der Waals surface area contributed by atoms with Gasteiger partial charge in [0.15, 0.2) is 15.1 Å². The van der Waals surface area contributed by atoms with Crippen LogP contribution in [-0.2, 0) is 9.53 Å². The maximum absolute atomic E-state index is 14.0. The fourth-order valence-corrected chi connectivity index (χ4v) is 6.92. The third kappa shape index (κ3) is 6.26. The standard InChI is InChI=1S/C29H27BrN4O7S2/c1-13(2)40-26(37)23-15(4)32-29-34(24(23)18-10-16(38-5)7-8-20(18)39-6)25(36)21(42-29)12-17-11-19(30)27(41-17)43-28-31-14(3)9-22(35)33-28/h7-13,24H,1-6H3,(H,31,33,35)/b21-12-/t24-/m1/s1. The summed E-state index contributed by atoms with van der Waals surface area (Å²) >= 11 is 5.78. The monoisotopic (exact) mass is 686 g/mol. The number of nitrogens with one attached hydrogen (secondary N) is 1. The molecule has 3 aromatic heterocycles. The Balaban J connectivity index is 1.65. The normalized spacial score (nSPS) is 15.0. The zero-order chi connectivity index (χ0) is 31.0. The van der Waals surface area contributed by atoms with E-state index in [0.717, 1.165) is 23.1 Å². The molecular formula is C29H27BrN4O7S2. The largest absolute Gasteiger partial charge is 0.497 e. The van der Waals surface area contributed by atoms with Crippen LogP contribution in [0.4, 0.5) is 0 Å². The number of carbonyl (C=O) groups is 1. The lowest BCUT2D eigenvalue weighted by molar-refractivity contribution is -0.143. The second-order valence-electron chi connectivity index (χ2n) is 9.72. The van der Waals surface area contributed by atoms with Crippen LogP contribution in [-0.4, -0.2) is 40.8 Å². The molecule has 0 radical (unpaired) electrons. The number of allylic oxidation sites excluding steroid dienone is 1. The summed E-state index contributed by atoms with van der Waals surface area (Å²) in [5.74, 6) is 0.795. The van der Waals surface area contributed by atoms with Crippen LogP contribution in [0.1, 0.15) is 43.8 Å². The molecule has 1 aromatic carbocycles. The van der Waals surface area contributed by atoms with E-state index in [1.54, 1.807) is 58.0 Å². The van der Waals surface area contributed by atoms with Gasteiger partial charge in [-0.3, -0.25) is 14.2 Å². The zero-order valence-electron chi connectivity index (χ0n) is 24.0. The van der Waals surface area contributed by atoms with Crippen LogP contribution >= 0.6 is 39.0 Å². The van der Waals surface area contributed by atoms with Crippen molar-refractivity contribution >= 4 is 51.1 Å². The molecule has 0 saturated heterocycles. The Morgan fingerprint density at radius 3 is 2.63 bits per heavy atom. The number of esters is 1. The number of aromatic amines is 1. The van der Waals surface area contributed by atoms with E-state index in [-0.39, 0.29) is 22.8 Å². The molecule has 0 spiro atoms. The highest BCUT2D eigenvalue weighted by molar-refractivity contribution is 9.10. The Labute approximate surface area is 262 Å². The van der Waals surface area contributed by atoms with Gasteiger partial charge < -0.3 is 23.6 Å². The lowest BCUT2D eigenvalue weighted by Gasteiger charge is -2.26. The van der Waals surface area contributed by atoms with Crippen molar-refractivity contribution in [2.75, 3.05) is 14.2 Å². The SMILES string of the molecule is COc1ccc(OC)c([C@@H]2C(C(=O)OC(C)C)=C(C)N=c3s/c(=C\c4cc(Br)c(Sc5nc(C)cc(=O)[nH]5)o4)c(=O)n32)c1. The van der Waals surface area contributed by atoms with Gasteiger partial charge in [0, 0.05) is 23.4 Å². The number of benzene rings is 1. The van der Waals surface area contributed by atoms with Gasteiger partial charge in [-0.2, -0.15) is 0 Å². The van der Waals surface area contributed by atoms with Crippen molar-refractivity contribution in [3.8, 4) is 11.5 Å². The molecule has 1 aliphatic rings. The van der Waals surface area contributed by atoms with E-state index < -0.39 is 12.0 Å². The highest BCUT2D eigenvalue weighted by atomic mass is 79.9. The first-order valence-corrected chi connectivity index (χ1v) is 15.4. The Hall–Kier alpha value is -3.88. The van der Waals surface area contributed by atoms with Crippen LogP contribution in [0.2, 0.25) is 0 Å². The zero-order valence-corrected chi connectivity index (χ0v) is 27.2. The number of ether oxygens (including phenoxy) is 3. The number of H-pyrrole nitrogens is 1. The summed E-state index contributed by atoms with van der Waals surface area (Å²) < 4.78 is 25.1. The molecule has 0 saturated carbocycles. The molecule has 0 unspecified atom stereocenters. The quantitative estimate of drug-likeness (QED) is 0.214. The number of carbonyl (C=O) groups excluding carboxylic acids is 1. The summed E-state index contributed by atoms with van der Waals surface area (Å²) in [6.07, 6.45) is 1.22. The molecule has 14 heteroatoms. The molecule has 0 fully saturated rings. The molecule has 0 bridgehead atoms. The first-order valence-electron chi connectivity index (χ1n) is 13.0. The maximum Gasteiger partial charge on any atom is 0.338 e. The topological polar surface area (TPSA) is 138 Å². The maximum atomic E-state index is 14.0. The molecular weight excluding hydrogens is 660 g/mol. The number of thiazole rings is 1. The minimum atomic E-state index is -0.895. The van der Waals surface area contributed by atoms with E-state index in [2.05, 4.69) is 30.9 Å². The van der Waals surface area contributed by atoms with Crippen LogP contribution in [0, 0.1) is 6.92 Å². The van der Waals surface area contributed by atoms with Crippen LogP contribution in [0.5, 0.6) is 11.5 Å². The van der Waals surface area contributed by atoms with Crippen LogP contribution in [0.25, 0.3) is 6.08 Å². The average molecular weight is 688 g/mol. The number of hydrogen-bond acceptors (Lipinski definition) is 11. The first-order chi connectivity index (χ1) is 20.5. The van der Waals surface area contributed by atoms with Gasteiger partial charge in [-0.15, -0.1) is 0 Å². The molecule has 5 rings (SSSR count). The van der Waals surface area contributed by atoms with E-state index in [0.29, 0.717) is 58.3 Å². The van der Waals surface area contributed by atoms with E-state index in [9.17, 15) is 14.4 Å². The Morgan fingerprint density at radius 1 is 1.19 bits per heavy atom. The van der Waals surface area contributed by atoms with Gasteiger partial charge in [-0.1, -0.05) is 11.3 Å². The summed E-state index contributed by atoms with van der Waals surface area (Å²) in [7, 11) is 3.05. The van der Waals surface area contributed by atoms with Gasteiger partial charge in [-0.25, -0.2) is 14.8 Å². The van der Waals surface area contributed by atoms with E-state index >= 15 is 0 Å². The number of rotatable bonds is 8. The van der Waals surface area contributed by atoms with Crippen molar-refractivity contribution in [2.45, 2.75) is 50.1 Å². The number of hydrogen-bond donors (Lipinski definition) is 1. The highest BCUT2D eigenvalue weighted by Gasteiger charge is 2.36. The molecule has 224 valence electrons. The van der Waals surface area contributed by atoms with Crippen molar-refractivity contribution in [1.29, 1.82) is 0 Å². The summed E-state index contributed by atoms with van der Waals surface area (Å²) in [6.45, 7) is 6.95. The number of methoxy groups -OCH3 is 2. The van der Waals surface area contributed by atoms with Crippen LogP contribution in [0.3, 0.4) is 0 Å². The fourth-order valence-electron chi connectivity index (χ4n) is 4.53. The smallest absolute Gasteiger partial charge is 0.338 e. The molecule has 11 nitrogen and oxygen atoms in total. The summed E-state index contributed by atoms with van der Waals surface area (Å²) in [4.78, 5) is 51.3. The second kappa shape index (κ2) is 12.4. The minimum Gasteiger partial charge on any atom is -0.497 e. The van der Waals surface area contributed by atoms with E-state index in [1.165, 1.54) is 24.9 Å². The van der Waals surface area contributed by atoms with Crippen molar-refractivity contribution in [1.82, 2.24) is 14.5 Å². The Bertz CT molecular complexity index is 2010. The third-order valence-corrected chi connectivity index (χ3v) is 9.01. The number of aryl methyl sites for hydroxylation is 1. The molecule has 4 aromatic rings. The molecule has 1 N–H and O–H groups in total. The van der Waals surface area contributed by atoms with Gasteiger partial charge in [0.25, 0.3) is 11.1 Å². The number of fused-ring (bicyclic) bond motifs is 1. The third-order valence-electron chi connectivity index (χ3n) is 6.30. The second-order valence-corrected chi connectivity index (χ2v) is 12.5. The van der Waals surface area contributed by atoms with Crippen molar-refractivity contribution in [3.63, 3.8) is 0 Å². The lowest BCUT2D eigenvalue weighted by atomic mass is 9.94. The van der Waals surface area contributed by atoms with Gasteiger partial charge in [-0.05, 0) is 79.7 Å². The minimum absolute atomic E-state index is 0.221. The Kier molecular flexibility index (Phi) is 8.81. The van der Waals surface area contributed by atoms with Crippen molar-refractivity contribution in [3.05, 3.63) is 93.1 Å². The van der Waals surface area contributed by atoms with E-state index in [1.807, 2.05) is 0 Å². The predicted molar refractivity (Wildman–Crippen MR) is 165 cm³/mol. The molecule has 4 heterocycles. The molecule has 0 aliphatic carbocycles. The van der Waals surface area contributed by atoms with Gasteiger partial charge in [0.1, 0.15) is 23.3 Å². The first kappa shape index (κ1) is 30.6. The Morgan fingerprint density at radius 2 is 1.95 bits per heavy atom. The van der Waals surface area contributed by atoms with Crippen LogP contribution in [0.15, 0.2) is 75.3 Å².